The summed E-state index contributed by atoms with van der Waals surface area (Å²) in [5.41, 5.74) is 1.94. The fraction of sp³-hybridized carbons (Fsp3) is 0.562. The van der Waals surface area contributed by atoms with Crippen LogP contribution in [0.2, 0.25) is 0 Å². The maximum atomic E-state index is 11.9. The molecule has 1 aromatic rings. The number of carbonyl (C=O) groups is 1. The molecule has 2 N–H and O–H groups in total. The van der Waals surface area contributed by atoms with E-state index >= 15 is 0 Å². The van der Waals surface area contributed by atoms with E-state index in [1.165, 1.54) is 0 Å². The molecule has 1 aromatic carbocycles. The predicted molar refractivity (Wildman–Crippen MR) is 89.5 cm³/mol. The zero-order valence-corrected chi connectivity index (χ0v) is 13.5. The van der Waals surface area contributed by atoms with Crippen molar-refractivity contribution in [2.45, 2.75) is 0 Å². The highest BCUT2D eigenvalue weighted by atomic mass is 16.5. The van der Waals surface area contributed by atoms with E-state index in [2.05, 4.69) is 15.5 Å². The summed E-state index contributed by atoms with van der Waals surface area (Å²) in [4.78, 5) is 16.2. The maximum absolute atomic E-state index is 11.9. The Morgan fingerprint density at radius 1 is 1.23 bits per heavy atom. The first kappa shape index (κ1) is 16.7. The minimum Gasteiger partial charge on any atom is -0.379 e. The summed E-state index contributed by atoms with van der Waals surface area (Å²) in [6, 6.07) is 7.81. The maximum Gasteiger partial charge on any atom is 0.238 e. The number of hydrogen-bond donors (Lipinski definition) is 2. The number of benzene rings is 1. The molecule has 0 aromatic heterocycles. The van der Waals surface area contributed by atoms with Gasteiger partial charge in [-0.1, -0.05) is 0 Å². The molecule has 1 fully saturated rings. The summed E-state index contributed by atoms with van der Waals surface area (Å²) in [6.45, 7) is 5.67. The lowest BCUT2D eigenvalue weighted by Crippen LogP contribution is -2.41. The van der Waals surface area contributed by atoms with E-state index in [-0.39, 0.29) is 5.91 Å². The highest BCUT2D eigenvalue weighted by Crippen LogP contribution is 2.15. The third-order valence-electron chi connectivity index (χ3n) is 3.66. The van der Waals surface area contributed by atoms with Gasteiger partial charge in [-0.25, -0.2) is 0 Å². The highest BCUT2D eigenvalue weighted by molar-refractivity contribution is 5.92. The Kier molecular flexibility index (Phi) is 6.64. The van der Waals surface area contributed by atoms with Crippen LogP contribution in [0.15, 0.2) is 24.3 Å². The fourth-order valence-electron chi connectivity index (χ4n) is 2.31. The van der Waals surface area contributed by atoms with E-state index in [1.807, 2.05) is 43.3 Å². The molecule has 122 valence electrons. The summed E-state index contributed by atoms with van der Waals surface area (Å²) in [5.74, 6) is -0.0143. The Morgan fingerprint density at radius 2 is 1.91 bits per heavy atom. The second-order valence-electron chi connectivity index (χ2n) is 5.62. The molecule has 6 nitrogen and oxygen atoms in total. The van der Waals surface area contributed by atoms with Gasteiger partial charge in [-0.2, -0.15) is 0 Å². The molecule has 22 heavy (non-hydrogen) atoms. The normalized spacial score (nSPS) is 15.5. The SMILES string of the molecule is CN(C)c1ccc(NC(=O)CNCCN2CCOCC2)cc1. The Morgan fingerprint density at radius 3 is 2.55 bits per heavy atom. The van der Waals surface area contributed by atoms with Crippen molar-refractivity contribution in [2.24, 2.45) is 0 Å². The molecule has 0 spiro atoms. The number of hydrogen-bond acceptors (Lipinski definition) is 5. The van der Waals surface area contributed by atoms with Crippen molar-refractivity contribution < 1.29 is 9.53 Å². The van der Waals surface area contributed by atoms with Crippen LogP contribution in [0.4, 0.5) is 11.4 Å². The van der Waals surface area contributed by atoms with Gasteiger partial charge in [-0.3, -0.25) is 9.69 Å². The predicted octanol–water partition coefficient (Wildman–Crippen LogP) is 0.613. The number of morpholine rings is 1. The largest absolute Gasteiger partial charge is 0.379 e. The third kappa shape index (κ3) is 5.63. The van der Waals surface area contributed by atoms with Crippen molar-refractivity contribution in [2.75, 3.05) is 70.2 Å². The molecule has 1 aliphatic rings. The van der Waals surface area contributed by atoms with E-state index in [4.69, 9.17) is 4.74 Å². The molecule has 6 heteroatoms. The van der Waals surface area contributed by atoms with Crippen LogP contribution in [0.3, 0.4) is 0 Å². The van der Waals surface area contributed by atoms with E-state index in [0.29, 0.717) is 6.54 Å². The van der Waals surface area contributed by atoms with Gasteiger partial charge in [0.1, 0.15) is 0 Å². The summed E-state index contributed by atoms with van der Waals surface area (Å²) in [5, 5.41) is 6.07. The first-order valence-electron chi connectivity index (χ1n) is 7.73. The van der Waals surface area contributed by atoms with Crippen LogP contribution < -0.4 is 15.5 Å². The molecule has 0 aliphatic carbocycles. The molecule has 1 heterocycles. The quantitative estimate of drug-likeness (QED) is 0.723. The van der Waals surface area contributed by atoms with Crippen LogP contribution in [0.25, 0.3) is 0 Å². The Bertz CT molecular complexity index is 456. The van der Waals surface area contributed by atoms with Crippen molar-refractivity contribution in [1.29, 1.82) is 0 Å². The average Bonchev–Trinajstić information content (AvgIpc) is 2.53. The molecular formula is C16H26N4O2. The third-order valence-corrected chi connectivity index (χ3v) is 3.66. The minimum atomic E-state index is -0.0143. The lowest BCUT2D eigenvalue weighted by Gasteiger charge is -2.26. The second kappa shape index (κ2) is 8.73. The molecule has 2 rings (SSSR count). The van der Waals surface area contributed by atoms with Crippen molar-refractivity contribution in [1.82, 2.24) is 10.2 Å². The van der Waals surface area contributed by atoms with Crippen LogP contribution >= 0.6 is 0 Å². The zero-order chi connectivity index (χ0) is 15.8. The number of ether oxygens (including phenoxy) is 1. The zero-order valence-electron chi connectivity index (χ0n) is 13.5. The second-order valence-corrected chi connectivity index (χ2v) is 5.62. The summed E-state index contributed by atoms with van der Waals surface area (Å²) < 4.78 is 5.30. The molecule has 1 amide bonds. The van der Waals surface area contributed by atoms with Crippen LogP contribution in [0.5, 0.6) is 0 Å². The molecule has 1 saturated heterocycles. The van der Waals surface area contributed by atoms with Crippen molar-refractivity contribution in [3.05, 3.63) is 24.3 Å². The Balaban J connectivity index is 1.62. The van der Waals surface area contributed by atoms with Gasteiger partial charge >= 0.3 is 0 Å². The van der Waals surface area contributed by atoms with E-state index in [0.717, 1.165) is 50.8 Å². The summed E-state index contributed by atoms with van der Waals surface area (Å²) in [6.07, 6.45) is 0. The summed E-state index contributed by atoms with van der Waals surface area (Å²) in [7, 11) is 3.98. The number of nitrogens with zero attached hydrogens (tertiary/aromatic N) is 2. The molecule has 0 bridgehead atoms. The van der Waals surface area contributed by atoms with Crippen molar-refractivity contribution >= 4 is 17.3 Å². The van der Waals surface area contributed by atoms with Crippen LogP contribution in [0, 0.1) is 0 Å². The highest BCUT2D eigenvalue weighted by Gasteiger charge is 2.09. The Hall–Kier alpha value is -1.63. The van der Waals surface area contributed by atoms with Gasteiger partial charge in [0.15, 0.2) is 0 Å². The van der Waals surface area contributed by atoms with Gasteiger partial charge in [0.2, 0.25) is 5.91 Å². The first-order valence-corrected chi connectivity index (χ1v) is 7.73. The molecule has 0 unspecified atom stereocenters. The molecule has 0 saturated carbocycles. The van der Waals surface area contributed by atoms with E-state index in [1.54, 1.807) is 0 Å². The number of rotatable bonds is 7. The smallest absolute Gasteiger partial charge is 0.238 e. The average molecular weight is 306 g/mol. The van der Waals surface area contributed by atoms with Gasteiger partial charge < -0.3 is 20.3 Å². The molecule has 1 aliphatic heterocycles. The van der Waals surface area contributed by atoms with Crippen LogP contribution in [0.1, 0.15) is 0 Å². The van der Waals surface area contributed by atoms with Crippen molar-refractivity contribution in [3.8, 4) is 0 Å². The van der Waals surface area contributed by atoms with Gasteiger partial charge in [-0.15, -0.1) is 0 Å². The molecular weight excluding hydrogens is 280 g/mol. The lowest BCUT2D eigenvalue weighted by atomic mass is 10.2. The van der Waals surface area contributed by atoms with Crippen LogP contribution in [-0.4, -0.2) is 70.8 Å². The van der Waals surface area contributed by atoms with Gasteiger partial charge in [0, 0.05) is 51.6 Å². The Labute approximate surface area is 132 Å². The topological polar surface area (TPSA) is 56.8 Å². The first-order chi connectivity index (χ1) is 10.6. The number of anilines is 2. The van der Waals surface area contributed by atoms with Crippen LogP contribution in [-0.2, 0) is 9.53 Å². The van der Waals surface area contributed by atoms with Crippen molar-refractivity contribution in [3.63, 3.8) is 0 Å². The molecule has 0 radical (unpaired) electrons. The number of carbonyl (C=O) groups excluding carboxylic acids is 1. The summed E-state index contributed by atoms with van der Waals surface area (Å²) >= 11 is 0. The monoisotopic (exact) mass is 306 g/mol. The number of nitrogens with one attached hydrogen (secondary N) is 2. The van der Waals surface area contributed by atoms with Gasteiger partial charge in [-0.05, 0) is 24.3 Å². The fourth-order valence-corrected chi connectivity index (χ4v) is 2.31. The number of amides is 1. The standard InChI is InChI=1S/C16H26N4O2/c1-19(2)15-5-3-14(4-6-15)18-16(21)13-17-7-8-20-9-11-22-12-10-20/h3-6,17H,7-13H2,1-2H3,(H,18,21). The van der Waals surface area contributed by atoms with E-state index in [9.17, 15) is 4.79 Å². The van der Waals surface area contributed by atoms with Gasteiger partial charge in [0.05, 0.1) is 19.8 Å². The van der Waals surface area contributed by atoms with E-state index < -0.39 is 0 Å². The van der Waals surface area contributed by atoms with Gasteiger partial charge in [0.25, 0.3) is 0 Å². The molecule has 0 atom stereocenters. The minimum absolute atomic E-state index is 0.0143. The lowest BCUT2D eigenvalue weighted by molar-refractivity contribution is -0.115.